The van der Waals surface area contributed by atoms with E-state index in [4.69, 9.17) is 52.1 Å². The Kier molecular flexibility index (Phi) is 28.0. The molecule has 8 fully saturated rings. The van der Waals surface area contributed by atoms with E-state index >= 15 is 0 Å². The number of methoxy groups -OCH3 is 1. The van der Waals surface area contributed by atoms with Crippen molar-refractivity contribution < 1.29 is 238 Å². The predicted octanol–water partition coefficient (Wildman–Crippen LogP) is -10.3. The van der Waals surface area contributed by atoms with Crippen LogP contribution in [0.2, 0.25) is 0 Å². The van der Waals surface area contributed by atoms with E-state index in [1.807, 2.05) is 20.8 Å². The normalized spacial score (nSPS) is 45.2. The topological polar surface area (TPSA) is 477 Å². The van der Waals surface area contributed by atoms with Gasteiger partial charge in [0.15, 0.2) is 25.2 Å². The molecule has 0 amide bonds. The molecule has 28 atom stereocenters. The van der Waals surface area contributed by atoms with Crippen LogP contribution in [0.1, 0.15) is 120 Å². The summed E-state index contributed by atoms with van der Waals surface area (Å²) in [4.78, 5) is 27.5. The van der Waals surface area contributed by atoms with Crippen LogP contribution in [-0.4, -0.2) is 248 Å². The van der Waals surface area contributed by atoms with E-state index in [0.717, 1.165) is 25.5 Å². The Morgan fingerprint density at radius 2 is 1.23 bits per heavy atom. The molecule has 5 aliphatic heterocycles. The number of cyclic esters (lactones) is 1. The second-order valence-electron chi connectivity index (χ2n) is 27.5. The van der Waals surface area contributed by atoms with Crippen molar-refractivity contribution in [2.45, 2.75) is 255 Å². The van der Waals surface area contributed by atoms with Crippen molar-refractivity contribution >= 4 is 43.1 Å². The largest absolute Gasteiger partial charge is 1.00 e. The fourth-order valence-electron chi connectivity index (χ4n) is 17.0. The summed E-state index contributed by atoms with van der Waals surface area (Å²) >= 11 is 0. The first-order valence-corrected chi connectivity index (χ1v) is 34.6. The number of rotatable bonds is 22. The van der Waals surface area contributed by atoms with Gasteiger partial charge in [0.05, 0.1) is 43.4 Å². The molecular weight excluding hydrogens is 1350 g/mol. The van der Waals surface area contributed by atoms with Crippen molar-refractivity contribution in [2.75, 3.05) is 26.9 Å². The maximum atomic E-state index is 14.7. The molecule has 0 aromatic rings. The fraction of sp³-hybridized carbons (Fsp3) is 0.929. The number of aliphatic hydroxyl groups is 7. The molecule has 32 nitrogen and oxygen atoms in total. The quantitative estimate of drug-likeness (QED) is 0.0174. The third-order valence-corrected chi connectivity index (χ3v) is 22.5. The predicted molar refractivity (Wildman–Crippen MR) is 297 cm³/mol. The molecule has 1 spiro atoms. The van der Waals surface area contributed by atoms with Crippen molar-refractivity contribution in [3.63, 3.8) is 0 Å². The van der Waals surface area contributed by atoms with Gasteiger partial charge >= 0.3 is 101 Å². The molecule has 0 unspecified atom stereocenters. The minimum atomic E-state index is -5.51. The van der Waals surface area contributed by atoms with Crippen LogP contribution in [0, 0.1) is 45.3 Å². The van der Waals surface area contributed by atoms with Crippen molar-refractivity contribution in [3.05, 3.63) is 11.6 Å². The van der Waals surface area contributed by atoms with Crippen molar-refractivity contribution in [3.8, 4) is 0 Å². The van der Waals surface area contributed by atoms with Crippen molar-refractivity contribution in [1.29, 1.82) is 0 Å². The van der Waals surface area contributed by atoms with Gasteiger partial charge in [-0.2, -0.15) is 0 Å². The summed E-state index contributed by atoms with van der Waals surface area (Å²) in [5.41, 5.74) is -2.48. The Bertz CT molecular complexity index is 3010. The van der Waals surface area contributed by atoms with E-state index in [-0.39, 0.29) is 118 Å². The molecule has 5 heterocycles. The summed E-state index contributed by atoms with van der Waals surface area (Å²) in [6.07, 6.45) is -30.9. The Morgan fingerprint density at radius 1 is 0.681 bits per heavy atom. The first kappa shape index (κ1) is 83.6. The van der Waals surface area contributed by atoms with E-state index < -0.39 is 208 Å². The second kappa shape index (κ2) is 31.5. The molecule has 9 rings (SSSR count). The van der Waals surface area contributed by atoms with Gasteiger partial charge in [-0.25, -0.2) is 25.3 Å². The molecule has 0 aromatic carbocycles. The van der Waals surface area contributed by atoms with Gasteiger partial charge in [-0.15, -0.1) is 0 Å². The minimum absolute atomic E-state index is 0. The molecule has 0 bridgehead atoms. The zero-order chi connectivity index (χ0) is 67.3. The average Bonchev–Trinajstić information content (AvgIpc) is 1.47. The van der Waals surface area contributed by atoms with Crippen LogP contribution in [0.15, 0.2) is 11.6 Å². The van der Waals surface area contributed by atoms with Crippen molar-refractivity contribution in [1.82, 2.24) is 0 Å². The van der Waals surface area contributed by atoms with Crippen LogP contribution in [0.25, 0.3) is 0 Å². The summed E-state index contributed by atoms with van der Waals surface area (Å²) in [5, 5.41) is 80.2. The standard InChI is InChI=1S/C56H90O32S3.3Na/c1-24(2)12-11-17-55(9)46-29(80-26(4)57)20-54(8)28-13-14-33-52(5,6)34(16-18-53(33,7)27(28)15-19-56(46,54)51(65)87-55)83-50-45(37(60)32(21-76-50)88-91(72,73)74)86-47-39(62)38(61)42(25(3)79-47)84-49-41(64)44(36(59)31(82-49)23-78-90(69,70)71)85-48-40(63)43(75-10)35(58)30(81-48)22-77-89(66,67)68;;;/h13,24-25,27,29-50,58-64H,11-12,14-23H2,1-10H3,(H,66,67,68)(H,69,70,71)(H,72,73,74);;;/q;3*+1/p-3/t25-,27+,29+,30-,31-,32-,33+,34+,35-,36-,37+,38-,39-,40-,41-,42-,43+,44+,45-,46-,47+,48+,49+,50+,53-,54+,55+,56-;;;/m1.../s1. The van der Waals surface area contributed by atoms with Crippen LogP contribution in [-0.2, 0) is 105 Å². The Labute approximate surface area is 613 Å². The number of hydrogen-bond donors (Lipinski definition) is 7. The molecule has 0 aromatic heterocycles. The summed E-state index contributed by atoms with van der Waals surface area (Å²) in [6.45, 7) is 14.2. The van der Waals surface area contributed by atoms with E-state index in [9.17, 15) is 84.2 Å². The van der Waals surface area contributed by atoms with Crippen LogP contribution >= 0.6 is 0 Å². The number of hydrogen-bond acceptors (Lipinski definition) is 32. The molecule has 7 N–H and O–H groups in total. The van der Waals surface area contributed by atoms with Gasteiger partial charge in [-0.1, -0.05) is 59.6 Å². The summed E-state index contributed by atoms with van der Waals surface area (Å²) < 4.78 is 183. The number of ether oxygens (including phenoxy) is 11. The maximum absolute atomic E-state index is 14.7. The summed E-state index contributed by atoms with van der Waals surface area (Å²) in [5.74, 6) is -0.736. The molecule has 38 heteroatoms. The third-order valence-electron chi connectivity index (χ3n) is 21.2. The number of carbonyl (C=O) groups is 2. The third kappa shape index (κ3) is 16.7. The fourth-order valence-corrected chi connectivity index (χ4v) is 18.1. The summed E-state index contributed by atoms with van der Waals surface area (Å²) in [7, 11) is -15.4. The van der Waals surface area contributed by atoms with Gasteiger partial charge in [-0.05, 0) is 93.8 Å². The summed E-state index contributed by atoms with van der Waals surface area (Å²) in [6, 6.07) is 0. The van der Waals surface area contributed by atoms with Gasteiger partial charge in [0.25, 0.3) is 0 Å². The van der Waals surface area contributed by atoms with E-state index in [2.05, 4.69) is 46.3 Å². The van der Waals surface area contributed by atoms with Gasteiger partial charge in [0, 0.05) is 19.4 Å². The first-order valence-electron chi connectivity index (χ1n) is 30.6. The van der Waals surface area contributed by atoms with Gasteiger partial charge in [-0.3, -0.25) is 22.1 Å². The molecule has 524 valence electrons. The number of esters is 2. The van der Waals surface area contributed by atoms with Gasteiger partial charge in [0.2, 0.25) is 31.2 Å². The van der Waals surface area contributed by atoms with Crippen LogP contribution in [0.4, 0.5) is 0 Å². The monoisotopic (exact) mass is 1440 g/mol. The second-order valence-corrected chi connectivity index (χ2v) is 30.6. The molecule has 0 radical (unpaired) electrons. The van der Waals surface area contributed by atoms with Crippen LogP contribution < -0.4 is 88.7 Å². The van der Waals surface area contributed by atoms with Gasteiger partial charge in [0.1, 0.15) is 97.2 Å². The average molecular weight is 1440 g/mol. The molecule has 5 saturated heterocycles. The minimum Gasteiger partial charge on any atom is -0.726 e. The molecule has 94 heavy (non-hydrogen) atoms. The molecule has 4 aliphatic carbocycles. The van der Waals surface area contributed by atoms with Gasteiger partial charge < -0.3 is 102 Å². The number of aliphatic hydroxyl groups excluding tert-OH is 7. The Hall–Kier alpha value is 0.650. The van der Waals surface area contributed by atoms with Crippen LogP contribution in [0.5, 0.6) is 0 Å². The Balaban J connectivity index is 0.00000467. The van der Waals surface area contributed by atoms with E-state index in [1.165, 1.54) is 13.8 Å². The first-order chi connectivity index (χ1) is 42.1. The maximum Gasteiger partial charge on any atom is 1.00 e. The number of carbonyl (C=O) groups excluding carboxylic acids is 2. The molecular formula is C56H87Na3O32S3. The number of allylic oxidation sites excluding steroid dienone is 2. The zero-order valence-corrected chi connectivity index (χ0v) is 63.5. The molecule has 3 saturated carbocycles. The van der Waals surface area contributed by atoms with Crippen LogP contribution in [0.3, 0.4) is 0 Å². The number of fused-ring (bicyclic) bond motifs is 4. The smallest absolute Gasteiger partial charge is 0.726 e. The SMILES string of the molecule is CO[C@@H]1[C@@H](O)[C@H](O[C@@H]2[C@@H](O)[C@H](O[C@H]3[C@H](O)[C@@H](O)[C@H](O[C@H]4[C@H](O[C@H]5CC[C@]6(C)[C@H]7CC[C@]89C(=O)O[C@@](C)(CCCC(C)C)[C@H]8[C@@H](OC(C)=O)C[C@@]9(C)C7=CC[C@H]6C5(C)C)OC[C@@H](OS(=O)(=O)[O-])[C@@H]4O)O[C@@H]3C)O[C@H](COS(=O)(=O)[O-])[C@H]2O)O[C@H](COS(=O)(=O)[O-])[C@H]1O.[Na+].[Na+].[Na+]. The zero-order valence-electron chi connectivity index (χ0n) is 55.1. The van der Waals surface area contributed by atoms with E-state index in [1.54, 1.807) is 0 Å². The Morgan fingerprint density at radius 3 is 1.79 bits per heavy atom. The molecule has 9 aliphatic rings. The van der Waals surface area contributed by atoms with E-state index in [0.29, 0.717) is 50.9 Å². The van der Waals surface area contributed by atoms with Crippen molar-refractivity contribution in [2.24, 2.45) is 45.3 Å².